The molecule has 5 nitrogen and oxygen atoms in total. The molecule has 5 heteroatoms. The molecular weight excluding hydrogens is 244 g/mol. The maximum Gasteiger partial charge on any atom is 0.308 e. The van der Waals surface area contributed by atoms with Gasteiger partial charge in [0.1, 0.15) is 0 Å². The summed E-state index contributed by atoms with van der Waals surface area (Å²) in [6.45, 7) is 4.70. The molecule has 2 unspecified atom stereocenters. The number of carboxylic acid groups (broad SMARTS) is 1. The van der Waals surface area contributed by atoms with Crippen LogP contribution < -0.4 is 10.6 Å². The summed E-state index contributed by atoms with van der Waals surface area (Å²) < 4.78 is 0. The van der Waals surface area contributed by atoms with E-state index in [2.05, 4.69) is 10.6 Å². The zero-order chi connectivity index (χ0) is 14.3. The zero-order valence-corrected chi connectivity index (χ0v) is 11.9. The van der Waals surface area contributed by atoms with Gasteiger partial charge in [-0.05, 0) is 12.8 Å². The van der Waals surface area contributed by atoms with Crippen LogP contribution in [0, 0.1) is 5.92 Å². The molecule has 0 bridgehead atoms. The molecule has 3 N–H and O–H groups in total. The van der Waals surface area contributed by atoms with Gasteiger partial charge in [0.15, 0.2) is 0 Å². The zero-order valence-electron chi connectivity index (χ0n) is 11.9. The number of carbonyl (C=O) groups excluding carboxylic acids is 1. The van der Waals surface area contributed by atoms with Crippen molar-refractivity contribution in [1.82, 2.24) is 10.6 Å². The van der Waals surface area contributed by atoms with Crippen molar-refractivity contribution in [2.75, 3.05) is 6.54 Å². The van der Waals surface area contributed by atoms with Crippen molar-refractivity contribution < 1.29 is 14.7 Å². The summed E-state index contributed by atoms with van der Waals surface area (Å²) in [5.74, 6) is -1.26. The highest BCUT2D eigenvalue weighted by Gasteiger charge is 2.30. The Balaban J connectivity index is 2.42. The number of carboxylic acids is 1. The summed E-state index contributed by atoms with van der Waals surface area (Å²) in [6, 6.07) is 0.156. The van der Waals surface area contributed by atoms with E-state index in [9.17, 15) is 14.7 Å². The Morgan fingerprint density at radius 2 is 1.89 bits per heavy atom. The van der Waals surface area contributed by atoms with E-state index in [4.69, 9.17) is 0 Å². The maximum atomic E-state index is 11.8. The standard InChI is InChI=1S/C14H26N2O3/c1-10(2)15-9-8-13(17)16-12-7-5-3-4-6-11(12)14(18)19/h10-12,15H,3-9H2,1-2H3,(H,16,17)(H,18,19). The van der Waals surface area contributed by atoms with Crippen molar-refractivity contribution in [3.63, 3.8) is 0 Å². The van der Waals surface area contributed by atoms with Gasteiger partial charge in [-0.3, -0.25) is 9.59 Å². The van der Waals surface area contributed by atoms with Crippen LogP contribution in [0.5, 0.6) is 0 Å². The Morgan fingerprint density at radius 3 is 2.53 bits per heavy atom. The lowest BCUT2D eigenvalue weighted by molar-refractivity contribution is -0.143. The van der Waals surface area contributed by atoms with Crippen LogP contribution in [-0.2, 0) is 9.59 Å². The second kappa shape index (κ2) is 8.15. The SMILES string of the molecule is CC(C)NCCC(=O)NC1CCCCCC1C(=O)O. The van der Waals surface area contributed by atoms with Gasteiger partial charge >= 0.3 is 5.97 Å². The number of hydrogen-bond acceptors (Lipinski definition) is 3. The second-order valence-corrected chi connectivity index (χ2v) is 5.62. The number of rotatable bonds is 6. The van der Waals surface area contributed by atoms with Crippen LogP contribution in [0.2, 0.25) is 0 Å². The first-order valence-corrected chi connectivity index (χ1v) is 7.26. The van der Waals surface area contributed by atoms with Gasteiger partial charge in [-0.25, -0.2) is 0 Å². The van der Waals surface area contributed by atoms with E-state index in [1.54, 1.807) is 0 Å². The summed E-state index contributed by atoms with van der Waals surface area (Å²) in [7, 11) is 0. The van der Waals surface area contributed by atoms with Crippen LogP contribution in [0.15, 0.2) is 0 Å². The van der Waals surface area contributed by atoms with Crippen LogP contribution in [0.4, 0.5) is 0 Å². The highest BCUT2D eigenvalue weighted by Crippen LogP contribution is 2.23. The molecule has 0 aromatic heterocycles. The van der Waals surface area contributed by atoms with E-state index < -0.39 is 11.9 Å². The Bertz CT molecular complexity index is 305. The smallest absolute Gasteiger partial charge is 0.308 e. The third-order valence-electron chi connectivity index (χ3n) is 3.58. The number of carbonyl (C=O) groups is 2. The van der Waals surface area contributed by atoms with Crippen molar-refractivity contribution in [2.24, 2.45) is 5.92 Å². The first-order valence-electron chi connectivity index (χ1n) is 7.26. The molecule has 0 spiro atoms. The van der Waals surface area contributed by atoms with Gasteiger partial charge in [0.05, 0.1) is 5.92 Å². The van der Waals surface area contributed by atoms with E-state index in [0.29, 0.717) is 25.4 Å². The van der Waals surface area contributed by atoms with Gasteiger partial charge in [-0.15, -0.1) is 0 Å². The molecule has 0 aliphatic heterocycles. The lowest BCUT2D eigenvalue weighted by Crippen LogP contribution is -2.43. The Kier molecular flexibility index (Phi) is 6.84. The Morgan fingerprint density at radius 1 is 1.21 bits per heavy atom. The molecule has 110 valence electrons. The van der Waals surface area contributed by atoms with Crippen molar-refractivity contribution >= 4 is 11.9 Å². The lowest BCUT2D eigenvalue weighted by Gasteiger charge is -2.23. The van der Waals surface area contributed by atoms with Gasteiger partial charge in [0.25, 0.3) is 0 Å². The lowest BCUT2D eigenvalue weighted by atomic mass is 9.95. The minimum absolute atomic E-state index is 0.0497. The molecule has 0 aromatic rings. The largest absolute Gasteiger partial charge is 0.481 e. The monoisotopic (exact) mass is 270 g/mol. The van der Waals surface area contributed by atoms with Crippen molar-refractivity contribution in [1.29, 1.82) is 0 Å². The summed E-state index contributed by atoms with van der Waals surface area (Å²) in [5.41, 5.74) is 0. The molecule has 19 heavy (non-hydrogen) atoms. The van der Waals surface area contributed by atoms with E-state index >= 15 is 0 Å². The summed E-state index contributed by atoms with van der Waals surface area (Å²) in [6.07, 6.45) is 4.86. The van der Waals surface area contributed by atoms with E-state index in [0.717, 1.165) is 25.7 Å². The highest BCUT2D eigenvalue weighted by atomic mass is 16.4. The number of nitrogens with one attached hydrogen (secondary N) is 2. The fourth-order valence-corrected chi connectivity index (χ4v) is 2.53. The minimum atomic E-state index is -0.785. The maximum absolute atomic E-state index is 11.8. The quantitative estimate of drug-likeness (QED) is 0.639. The van der Waals surface area contributed by atoms with Crippen LogP contribution in [-0.4, -0.2) is 35.6 Å². The van der Waals surface area contributed by atoms with Gasteiger partial charge in [-0.2, -0.15) is 0 Å². The average molecular weight is 270 g/mol. The molecular formula is C14H26N2O3. The molecule has 0 saturated heterocycles. The first kappa shape index (κ1) is 16.0. The van der Waals surface area contributed by atoms with Crippen LogP contribution in [0.1, 0.15) is 52.4 Å². The fourth-order valence-electron chi connectivity index (χ4n) is 2.53. The number of hydrogen-bond donors (Lipinski definition) is 3. The van der Waals surface area contributed by atoms with Crippen LogP contribution in [0.3, 0.4) is 0 Å². The van der Waals surface area contributed by atoms with E-state index in [-0.39, 0.29) is 11.9 Å². The minimum Gasteiger partial charge on any atom is -0.481 e. The highest BCUT2D eigenvalue weighted by molar-refractivity contribution is 5.78. The Hall–Kier alpha value is -1.10. The van der Waals surface area contributed by atoms with E-state index in [1.165, 1.54) is 0 Å². The third-order valence-corrected chi connectivity index (χ3v) is 3.58. The average Bonchev–Trinajstić information content (AvgIpc) is 2.53. The van der Waals surface area contributed by atoms with Crippen LogP contribution in [0.25, 0.3) is 0 Å². The predicted octanol–water partition coefficient (Wildman–Crippen LogP) is 1.52. The van der Waals surface area contributed by atoms with Crippen molar-refractivity contribution in [3.05, 3.63) is 0 Å². The van der Waals surface area contributed by atoms with Crippen LogP contribution >= 0.6 is 0 Å². The van der Waals surface area contributed by atoms with Crippen molar-refractivity contribution in [3.8, 4) is 0 Å². The normalized spacial score (nSPS) is 23.9. The van der Waals surface area contributed by atoms with E-state index in [1.807, 2.05) is 13.8 Å². The molecule has 1 aliphatic carbocycles. The molecule has 1 amide bonds. The molecule has 1 aliphatic rings. The summed E-state index contributed by atoms with van der Waals surface area (Å²) in [5, 5.41) is 15.3. The molecule has 1 fully saturated rings. The summed E-state index contributed by atoms with van der Waals surface area (Å²) in [4.78, 5) is 23.1. The molecule has 2 atom stereocenters. The Labute approximate surface area is 115 Å². The molecule has 0 radical (unpaired) electrons. The molecule has 1 saturated carbocycles. The topological polar surface area (TPSA) is 78.4 Å². The fraction of sp³-hybridized carbons (Fsp3) is 0.857. The van der Waals surface area contributed by atoms with Gasteiger partial charge in [-0.1, -0.05) is 33.1 Å². The van der Waals surface area contributed by atoms with Gasteiger partial charge in [0, 0.05) is 25.0 Å². The molecule has 0 aromatic carbocycles. The van der Waals surface area contributed by atoms with Gasteiger partial charge < -0.3 is 15.7 Å². The number of aliphatic carboxylic acids is 1. The summed E-state index contributed by atoms with van der Waals surface area (Å²) >= 11 is 0. The molecule has 1 rings (SSSR count). The molecule has 0 heterocycles. The van der Waals surface area contributed by atoms with Gasteiger partial charge in [0.2, 0.25) is 5.91 Å². The second-order valence-electron chi connectivity index (χ2n) is 5.62. The van der Waals surface area contributed by atoms with Crippen molar-refractivity contribution in [2.45, 2.75) is 64.5 Å². The third kappa shape index (κ3) is 6.05. The number of amides is 1. The predicted molar refractivity (Wildman–Crippen MR) is 73.9 cm³/mol. The first-order chi connectivity index (χ1) is 9.00.